The SMILES string of the molecule is O=CCNC(=O)C1(NC(=O)c2ccc[nH]2)CCCCC1. The highest BCUT2D eigenvalue weighted by Crippen LogP contribution is 2.28. The molecule has 108 valence electrons. The van der Waals surface area contributed by atoms with E-state index in [4.69, 9.17) is 0 Å². The largest absolute Gasteiger partial charge is 0.357 e. The van der Waals surface area contributed by atoms with E-state index in [-0.39, 0.29) is 18.4 Å². The molecule has 0 radical (unpaired) electrons. The quantitative estimate of drug-likeness (QED) is 0.694. The van der Waals surface area contributed by atoms with Gasteiger partial charge in [0.2, 0.25) is 5.91 Å². The molecule has 0 saturated heterocycles. The van der Waals surface area contributed by atoms with Gasteiger partial charge in [0.05, 0.1) is 6.54 Å². The monoisotopic (exact) mass is 277 g/mol. The lowest BCUT2D eigenvalue weighted by atomic mass is 9.80. The highest BCUT2D eigenvalue weighted by Gasteiger charge is 2.40. The summed E-state index contributed by atoms with van der Waals surface area (Å²) in [6.45, 7) is -0.0288. The number of aromatic nitrogens is 1. The van der Waals surface area contributed by atoms with Crippen molar-refractivity contribution in [2.75, 3.05) is 6.54 Å². The van der Waals surface area contributed by atoms with Gasteiger partial charge in [0.25, 0.3) is 5.91 Å². The zero-order valence-electron chi connectivity index (χ0n) is 11.3. The van der Waals surface area contributed by atoms with E-state index >= 15 is 0 Å². The zero-order chi connectivity index (χ0) is 14.4. The Morgan fingerprint density at radius 3 is 2.65 bits per heavy atom. The Hall–Kier alpha value is -2.11. The zero-order valence-corrected chi connectivity index (χ0v) is 11.3. The van der Waals surface area contributed by atoms with Crippen molar-refractivity contribution in [3.05, 3.63) is 24.0 Å². The fourth-order valence-corrected chi connectivity index (χ4v) is 2.62. The predicted octanol–water partition coefficient (Wildman–Crippen LogP) is 0.762. The molecule has 1 aromatic rings. The molecule has 1 aliphatic carbocycles. The third-order valence-electron chi connectivity index (χ3n) is 3.68. The fourth-order valence-electron chi connectivity index (χ4n) is 2.62. The second-order valence-electron chi connectivity index (χ2n) is 5.06. The topological polar surface area (TPSA) is 91.1 Å². The molecule has 1 aromatic heterocycles. The number of carbonyl (C=O) groups is 3. The van der Waals surface area contributed by atoms with Crippen molar-refractivity contribution in [1.82, 2.24) is 15.6 Å². The highest BCUT2D eigenvalue weighted by molar-refractivity contribution is 5.98. The number of hydrogen-bond donors (Lipinski definition) is 3. The third kappa shape index (κ3) is 3.07. The molecule has 1 saturated carbocycles. The van der Waals surface area contributed by atoms with Crippen molar-refractivity contribution in [1.29, 1.82) is 0 Å². The standard InChI is InChI=1S/C14H19N3O3/c18-10-9-16-13(20)14(6-2-1-3-7-14)17-12(19)11-5-4-8-15-11/h4-5,8,10,15H,1-3,6-7,9H2,(H,16,20)(H,17,19). The van der Waals surface area contributed by atoms with Crippen LogP contribution < -0.4 is 10.6 Å². The number of nitrogens with one attached hydrogen (secondary N) is 3. The molecular weight excluding hydrogens is 258 g/mol. The van der Waals surface area contributed by atoms with Crippen molar-refractivity contribution >= 4 is 18.1 Å². The summed E-state index contributed by atoms with van der Waals surface area (Å²) in [6.07, 6.45) is 6.34. The Bertz CT molecular complexity index is 476. The van der Waals surface area contributed by atoms with E-state index in [9.17, 15) is 14.4 Å². The number of hydrogen-bond acceptors (Lipinski definition) is 3. The van der Waals surface area contributed by atoms with Crippen molar-refractivity contribution < 1.29 is 14.4 Å². The van der Waals surface area contributed by atoms with Crippen molar-refractivity contribution in [2.24, 2.45) is 0 Å². The normalized spacial score (nSPS) is 17.2. The Balaban J connectivity index is 2.12. The van der Waals surface area contributed by atoms with Gasteiger partial charge in [0.1, 0.15) is 17.5 Å². The van der Waals surface area contributed by atoms with E-state index in [0.29, 0.717) is 24.8 Å². The van der Waals surface area contributed by atoms with Crippen LogP contribution in [0.15, 0.2) is 18.3 Å². The smallest absolute Gasteiger partial charge is 0.268 e. The second-order valence-corrected chi connectivity index (χ2v) is 5.06. The van der Waals surface area contributed by atoms with E-state index < -0.39 is 5.54 Å². The molecule has 1 aliphatic rings. The summed E-state index contributed by atoms with van der Waals surface area (Å²) < 4.78 is 0. The first kappa shape index (κ1) is 14.3. The highest BCUT2D eigenvalue weighted by atomic mass is 16.2. The summed E-state index contributed by atoms with van der Waals surface area (Å²) in [4.78, 5) is 37.7. The average Bonchev–Trinajstić information content (AvgIpc) is 3.00. The van der Waals surface area contributed by atoms with Gasteiger partial charge >= 0.3 is 0 Å². The average molecular weight is 277 g/mol. The van der Waals surface area contributed by atoms with Crippen LogP contribution >= 0.6 is 0 Å². The lowest BCUT2D eigenvalue weighted by Crippen LogP contribution is -2.60. The molecule has 6 nitrogen and oxygen atoms in total. The van der Waals surface area contributed by atoms with Crippen LogP contribution in [0.3, 0.4) is 0 Å². The van der Waals surface area contributed by atoms with Crippen LogP contribution in [0.25, 0.3) is 0 Å². The van der Waals surface area contributed by atoms with Gasteiger partial charge in [-0.25, -0.2) is 0 Å². The number of aromatic amines is 1. The van der Waals surface area contributed by atoms with E-state index in [2.05, 4.69) is 15.6 Å². The molecule has 0 aliphatic heterocycles. The van der Waals surface area contributed by atoms with Crippen molar-refractivity contribution in [3.63, 3.8) is 0 Å². The maximum atomic E-state index is 12.3. The second kappa shape index (κ2) is 6.36. The molecule has 6 heteroatoms. The lowest BCUT2D eigenvalue weighted by Gasteiger charge is -2.36. The predicted molar refractivity (Wildman–Crippen MR) is 73.1 cm³/mol. The van der Waals surface area contributed by atoms with Gasteiger partial charge < -0.3 is 20.4 Å². The van der Waals surface area contributed by atoms with Crippen LogP contribution in [-0.4, -0.2) is 35.2 Å². The maximum Gasteiger partial charge on any atom is 0.268 e. The lowest BCUT2D eigenvalue weighted by molar-refractivity contribution is -0.129. The maximum absolute atomic E-state index is 12.3. The Morgan fingerprint density at radius 2 is 2.05 bits per heavy atom. The van der Waals surface area contributed by atoms with Crippen LogP contribution in [0, 0.1) is 0 Å². The Labute approximate surface area is 117 Å². The summed E-state index contributed by atoms with van der Waals surface area (Å²) in [6, 6.07) is 3.39. The minimum Gasteiger partial charge on any atom is -0.357 e. The summed E-state index contributed by atoms with van der Waals surface area (Å²) in [5, 5.41) is 5.41. The molecule has 20 heavy (non-hydrogen) atoms. The molecule has 3 N–H and O–H groups in total. The van der Waals surface area contributed by atoms with E-state index in [1.807, 2.05) is 0 Å². The Morgan fingerprint density at radius 1 is 1.30 bits per heavy atom. The number of rotatable bonds is 5. The van der Waals surface area contributed by atoms with Gasteiger partial charge in [-0.15, -0.1) is 0 Å². The molecule has 1 heterocycles. The molecule has 0 atom stereocenters. The third-order valence-corrected chi connectivity index (χ3v) is 3.68. The number of amides is 2. The molecule has 0 aromatic carbocycles. The molecule has 2 amide bonds. The summed E-state index contributed by atoms with van der Waals surface area (Å²) >= 11 is 0. The number of H-pyrrole nitrogens is 1. The van der Waals surface area contributed by atoms with E-state index in [1.54, 1.807) is 18.3 Å². The minimum absolute atomic E-state index is 0.0288. The fraction of sp³-hybridized carbons (Fsp3) is 0.500. The molecular formula is C14H19N3O3. The van der Waals surface area contributed by atoms with Gasteiger partial charge in [0, 0.05) is 6.20 Å². The van der Waals surface area contributed by atoms with E-state index in [0.717, 1.165) is 19.3 Å². The first-order chi connectivity index (χ1) is 9.68. The first-order valence-corrected chi connectivity index (χ1v) is 6.86. The van der Waals surface area contributed by atoms with Gasteiger partial charge in [-0.05, 0) is 25.0 Å². The van der Waals surface area contributed by atoms with Crippen LogP contribution in [0.5, 0.6) is 0 Å². The summed E-state index contributed by atoms with van der Waals surface area (Å²) in [5.41, 5.74) is -0.471. The van der Waals surface area contributed by atoms with E-state index in [1.165, 1.54) is 0 Å². The van der Waals surface area contributed by atoms with Gasteiger partial charge in [-0.3, -0.25) is 9.59 Å². The molecule has 2 rings (SSSR count). The van der Waals surface area contributed by atoms with Crippen molar-refractivity contribution in [2.45, 2.75) is 37.6 Å². The minimum atomic E-state index is -0.899. The summed E-state index contributed by atoms with van der Waals surface area (Å²) in [5.74, 6) is -0.567. The van der Waals surface area contributed by atoms with Crippen LogP contribution in [-0.2, 0) is 9.59 Å². The molecule has 0 bridgehead atoms. The summed E-state index contributed by atoms with van der Waals surface area (Å²) in [7, 11) is 0. The van der Waals surface area contributed by atoms with Crippen LogP contribution in [0.2, 0.25) is 0 Å². The van der Waals surface area contributed by atoms with Gasteiger partial charge in [0.15, 0.2) is 0 Å². The molecule has 0 unspecified atom stereocenters. The van der Waals surface area contributed by atoms with Crippen molar-refractivity contribution in [3.8, 4) is 0 Å². The van der Waals surface area contributed by atoms with Gasteiger partial charge in [-0.2, -0.15) is 0 Å². The number of carbonyl (C=O) groups excluding carboxylic acids is 3. The van der Waals surface area contributed by atoms with Gasteiger partial charge in [-0.1, -0.05) is 19.3 Å². The van der Waals surface area contributed by atoms with Crippen LogP contribution in [0.1, 0.15) is 42.6 Å². The first-order valence-electron chi connectivity index (χ1n) is 6.86. The van der Waals surface area contributed by atoms with Crippen LogP contribution in [0.4, 0.5) is 0 Å². The number of aldehydes is 1. The molecule has 0 spiro atoms. The molecule has 1 fully saturated rings. The Kier molecular flexibility index (Phi) is 4.55.